The summed E-state index contributed by atoms with van der Waals surface area (Å²) in [6, 6.07) is 10.3. The van der Waals surface area contributed by atoms with Gasteiger partial charge in [-0.15, -0.1) is 0 Å². The lowest BCUT2D eigenvalue weighted by Gasteiger charge is -2.25. The highest BCUT2D eigenvalue weighted by Crippen LogP contribution is 2.36. The summed E-state index contributed by atoms with van der Waals surface area (Å²) in [5, 5.41) is 3.65. The van der Waals surface area contributed by atoms with Crippen LogP contribution in [0.2, 0.25) is 0 Å². The van der Waals surface area contributed by atoms with Gasteiger partial charge in [-0.3, -0.25) is 4.57 Å². The Labute approximate surface area is 197 Å². The van der Waals surface area contributed by atoms with E-state index in [0.29, 0.717) is 22.8 Å². The Kier molecular flexibility index (Phi) is 4.89. The first-order valence-electron chi connectivity index (χ1n) is 11.8. The number of likely N-dealkylation sites (N-methyl/N-ethyl adjacent to an activating group) is 1. The van der Waals surface area contributed by atoms with E-state index in [2.05, 4.69) is 52.4 Å². The number of nitrogens with zero attached hydrogens (tertiary/aromatic N) is 5. The highest BCUT2D eigenvalue weighted by molar-refractivity contribution is 5.79. The molecule has 6 rings (SSSR count). The number of nitrogens with two attached hydrogens (primary N) is 1. The number of halogens is 1. The number of benzene rings is 1. The SMILES string of the molecule is CC[C@@]1(N)CCc2ccc(-n3cc(F)c4cnc(Nc5ccc6c(c5)CN(C)CC6)nc43)nc21. The zero-order valence-electron chi connectivity index (χ0n) is 19.5. The molecule has 34 heavy (non-hydrogen) atoms. The Morgan fingerprint density at radius 3 is 2.82 bits per heavy atom. The summed E-state index contributed by atoms with van der Waals surface area (Å²) in [5.74, 6) is 0.647. The van der Waals surface area contributed by atoms with E-state index in [1.807, 2.05) is 12.1 Å². The van der Waals surface area contributed by atoms with Crippen molar-refractivity contribution in [2.45, 2.75) is 44.7 Å². The van der Waals surface area contributed by atoms with Crippen molar-refractivity contribution in [3.63, 3.8) is 0 Å². The fourth-order valence-corrected chi connectivity index (χ4v) is 5.17. The third-order valence-corrected chi connectivity index (χ3v) is 7.32. The van der Waals surface area contributed by atoms with Gasteiger partial charge in [0.15, 0.2) is 11.5 Å². The molecule has 7 nitrogen and oxygen atoms in total. The Balaban J connectivity index is 1.37. The fourth-order valence-electron chi connectivity index (χ4n) is 5.17. The van der Waals surface area contributed by atoms with E-state index < -0.39 is 5.54 Å². The van der Waals surface area contributed by atoms with E-state index in [0.717, 1.165) is 50.2 Å². The predicted octanol–water partition coefficient (Wildman–Crippen LogP) is 4.20. The molecule has 1 aromatic carbocycles. The number of aromatic nitrogens is 4. The van der Waals surface area contributed by atoms with E-state index >= 15 is 0 Å². The number of fused-ring (bicyclic) bond motifs is 3. The van der Waals surface area contributed by atoms with Gasteiger partial charge in [-0.1, -0.05) is 19.1 Å². The lowest BCUT2D eigenvalue weighted by molar-refractivity contribution is 0.313. The molecule has 0 radical (unpaired) electrons. The van der Waals surface area contributed by atoms with E-state index in [1.165, 1.54) is 29.1 Å². The van der Waals surface area contributed by atoms with Crippen LogP contribution in [0, 0.1) is 5.82 Å². The van der Waals surface area contributed by atoms with Crippen LogP contribution in [-0.4, -0.2) is 38.0 Å². The topological polar surface area (TPSA) is 84.9 Å². The lowest BCUT2D eigenvalue weighted by atomic mass is 9.94. The summed E-state index contributed by atoms with van der Waals surface area (Å²) in [5.41, 5.74) is 12.3. The molecule has 4 aromatic rings. The van der Waals surface area contributed by atoms with Gasteiger partial charge in [-0.25, -0.2) is 14.4 Å². The molecule has 3 aromatic heterocycles. The van der Waals surface area contributed by atoms with E-state index in [1.54, 1.807) is 4.57 Å². The molecule has 1 atom stereocenters. The van der Waals surface area contributed by atoms with Crippen molar-refractivity contribution in [3.8, 4) is 5.82 Å². The van der Waals surface area contributed by atoms with Gasteiger partial charge in [0, 0.05) is 31.2 Å². The van der Waals surface area contributed by atoms with Crippen LogP contribution in [0.1, 0.15) is 42.1 Å². The quantitative estimate of drug-likeness (QED) is 0.478. The molecule has 0 saturated heterocycles. The van der Waals surface area contributed by atoms with Gasteiger partial charge in [0.2, 0.25) is 5.95 Å². The third-order valence-electron chi connectivity index (χ3n) is 7.32. The molecule has 3 N–H and O–H groups in total. The second-order valence-electron chi connectivity index (χ2n) is 9.56. The van der Waals surface area contributed by atoms with Crippen LogP contribution < -0.4 is 11.1 Å². The van der Waals surface area contributed by atoms with E-state index in [-0.39, 0.29) is 5.82 Å². The molecule has 1 aliphatic heterocycles. The molecule has 8 heteroatoms. The number of hydrogen-bond donors (Lipinski definition) is 2. The fraction of sp³-hybridized carbons (Fsp3) is 0.346. The monoisotopic (exact) mass is 457 g/mol. The average molecular weight is 458 g/mol. The maximum Gasteiger partial charge on any atom is 0.229 e. The van der Waals surface area contributed by atoms with Crippen LogP contribution in [0.15, 0.2) is 42.7 Å². The van der Waals surface area contributed by atoms with Crippen molar-refractivity contribution in [2.75, 3.05) is 18.9 Å². The van der Waals surface area contributed by atoms with Crippen molar-refractivity contribution in [3.05, 3.63) is 70.9 Å². The van der Waals surface area contributed by atoms with Crippen LogP contribution in [-0.2, 0) is 24.9 Å². The minimum atomic E-state index is -0.435. The maximum absolute atomic E-state index is 14.8. The number of pyridine rings is 1. The van der Waals surface area contributed by atoms with Gasteiger partial charge >= 0.3 is 0 Å². The third kappa shape index (κ3) is 3.45. The van der Waals surface area contributed by atoms with Crippen molar-refractivity contribution in [2.24, 2.45) is 5.73 Å². The highest BCUT2D eigenvalue weighted by atomic mass is 19.1. The smallest absolute Gasteiger partial charge is 0.229 e. The molecule has 0 bridgehead atoms. The Morgan fingerprint density at radius 2 is 1.97 bits per heavy atom. The first-order chi connectivity index (χ1) is 16.4. The van der Waals surface area contributed by atoms with Gasteiger partial charge in [0.05, 0.1) is 16.6 Å². The number of rotatable bonds is 4. The maximum atomic E-state index is 14.8. The normalized spacial score (nSPS) is 19.9. The summed E-state index contributed by atoms with van der Waals surface area (Å²) in [4.78, 5) is 16.2. The lowest BCUT2D eigenvalue weighted by Crippen LogP contribution is -2.34. The summed E-state index contributed by atoms with van der Waals surface area (Å²) in [6.07, 6.45) is 6.60. The van der Waals surface area contributed by atoms with Gasteiger partial charge in [-0.2, -0.15) is 4.98 Å². The molecule has 2 aliphatic rings. The van der Waals surface area contributed by atoms with Crippen molar-refractivity contribution < 1.29 is 4.39 Å². The first-order valence-corrected chi connectivity index (χ1v) is 11.8. The van der Waals surface area contributed by atoms with Gasteiger partial charge < -0.3 is 16.0 Å². The predicted molar refractivity (Wildman–Crippen MR) is 131 cm³/mol. The molecule has 174 valence electrons. The Hall–Kier alpha value is -3.36. The van der Waals surface area contributed by atoms with Crippen LogP contribution in [0.4, 0.5) is 16.0 Å². The van der Waals surface area contributed by atoms with Gasteiger partial charge in [0.25, 0.3) is 0 Å². The van der Waals surface area contributed by atoms with Crippen molar-refractivity contribution in [1.29, 1.82) is 0 Å². The summed E-state index contributed by atoms with van der Waals surface area (Å²) >= 11 is 0. The Morgan fingerprint density at radius 1 is 1.12 bits per heavy atom. The Bertz CT molecular complexity index is 1410. The number of aryl methyl sites for hydroxylation is 1. The zero-order valence-corrected chi connectivity index (χ0v) is 19.5. The molecule has 0 amide bonds. The molecule has 0 saturated carbocycles. The van der Waals surface area contributed by atoms with Crippen LogP contribution in [0.5, 0.6) is 0 Å². The second-order valence-corrected chi connectivity index (χ2v) is 9.56. The first kappa shape index (κ1) is 21.2. The average Bonchev–Trinajstić information content (AvgIpc) is 3.35. The summed E-state index contributed by atoms with van der Waals surface area (Å²) in [7, 11) is 2.13. The number of nitrogens with one attached hydrogen (secondary N) is 1. The summed E-state index contributed by atoms with van der Waals surface area (Å²) in [6.45, 7) is 4.07. The molecule has 0 unspecified atom stereocenters. The standard InChI is InChI=1S/C26H28FN7/c1-3-26(28)10-8-17-5-7-22(31-23(17)26)34-15-21(27)20-13-29-25(32-24(20)34)30-19-6-4-16-9-11-33(2)14-18(16)12-19/h4-7,12-13,15H,3,8-11,14,28H2,1-2H3,(H,29,30,32)/t26-/m1/s1. The van der Waals surface area contributed by atoms with Gasteiger partial charge in [0.1, 0.15) is 5.82 Å². The van der Waals surface area contributed by atoms with Crippen molar-refractivity contribution in [1.82, 2.24) is 24.4 Å². The molecular formula is C26H28FN7. The van der Waals surface area contributed by atoms with E-state index in [9.17, 15) is 4.39 Å². The van der Waals surface area contributed by atoms with E-state index in [4.69, 9.17) is 10.7 Å². The van der Waals surface area contributed by atoms with Crippen LogP contribution in [0.25, 0.3) is 16.9 Å². The molecule has 0 fully saturated rings. The minimum Gasteiger partial charge on any atom is -0.324 e. The molecule has 1 aliphatic carbocycles. The van der Waals surface area contributed by atoms with Gasteiger partial charge in [-0.05, 0) is 67.6 Å². The number of hydrogen-bond acceptors (Lipinski definition) is 6. The minimum absolute atomic E-state index is 0.356. The molecule has 4 heterocycles. The highest BCUT2D eigenvalue weighted by Gasteiger charge is 2.35. The number of anilines is 2. The molecular weight excluding hydrogens is 429 g/mol. The van der Waals surface area contributed by atoms with Crippen LogP contribution >= 0.6 is 0 Å². The van der Waals surface area contributed by atoms with Crippen LogP contribution in [0.3, 0.4) is 0 Å². The zero-order chi connectivity index (χ0) is 23.4. The van der Waals surface area contributed by atoms with Crippen molar-refractivity contribution >= 4 is 22.7 Å². The molecule has 0 spiro atoms. The largest absolute Gasteiger partial charge is 0.324 e. The second kappa shape index (κ2) is 7.85. The summed E-state index contributed by atoms with van der Waals surface area (Å²) < 4.78 is 16.5.